The van der Waals surface area contributed by atoms with E-state index in [0.717, 1.165) is 37.2 Å². The molecule has 1 N–H and O–H groups in total. The van der Waals surface area contributed by atoms with Crippen molar-refractivity contribution in [3.63, 3.8) is 0 Å². The van der Waals surface area contributed by atoms with E-state index >= 15 is 0 Å². The van der Waals surface area contributed by atoms with Gasteiger partial charge in [0.15, 0.2) is 0 Å². The number of hydrogen-bond acceptors (Lipinski definition) is 5. The van der Waals surface area contributed by atoms with Crippen LogP contribution in [0.5, 0.6) is 5.75 Å². The average molecular weight is 383 g/mol. The topological polar surface area (TPSA) is 84.7 Å². The Morgan fingerprint density at radius 1 is 1.11 bits per heavy atom. The Hall–Kier alpha value is -2.93. The highest BCUT2D eigenvalue weighted by molar-refractivity contribution is 5.94. The van der Waals surface area contributed by atoms with E-state index in [0.29, 0.717) is 12.1 Å². The first-order valence-corrected chi connectivity index (χ1v) is 9.49. The third kappa shape index (κ3) is 4.86. The van der Waals surface area contributed by atoms with Crippen molar-refractivity contribution in [2.45, 2.75) is 25.3 Å². The number of ether oxygens (including phenoxy) is 1. The van der Waals surface area contributed by atoms with Crippen LogP contribution in [0.25, 0.3) is 0 Å². The number of amides is 1. The van der Waals surface area contributed by atoms with Crippen molar-refractivity contribution in [3.8, 4) is 5.75 Å². The number of methoxy groups -OCH3 is 1. The number of nitro benzene ring substituents is 1. The fourth-order valence-electron chi connectivity index (χ4n) is 3.54. The Kier molecular flexibility index (Phi) is 6.60. The van der Waals surface area contributed by atoms with Gasteiger partial charge in [-0.2, -0.15) is 0 Å². The van der Waals surface area contributed by atoms with E-state index in [1.165, 1.54) is 30.7 Å². The minimum Gasteiger partial charge on any atom is -0.497 e. The van der Waals surface area contributed by atoms with Gasteiger partial charge in [0.2, 0.25) is 0 Å². The summed E-state index contributed by atoms with van der Waals surface area (Å²) in [6, 6.07) is 13.7. The molecular weight excluding hydrogens is 358 g/mol. The quantitative estimate of drug-likeness (QED) is 0.584. The van der Waals surface area contributed by atoms with Gasteiger partial charge in [-0.25, -0.2) is 0 Å². The summed E-state index contributed by atoms with van der Waals surface area (Å²) in [6.07, 6.45) is 3.55. The molecule has 2 aromatic rings. The van der Waals surface area contributed by atoms with Gasteiger partial charge in [-0.1, -0.05) is 18.6 Å². The molecule has 28 heavy (non-hydrogen) atoms. The number of carbonyl (C=O) groups excluding carboxylic acids is 1. The van der Waals surface area contributed by atoms with Crippen LogP contribution in [0, 0.1) is 10.1 Å². The summed E-state index contributed by atoms with van der Waals surface area (Å²) in [7, 11) is 1.64. The lowest BCUT2D eigenvalue weighted by molar-refractivity contribution is -0.384. The maximum Gasteiger partial charge on any atom is 0.269 e. The molecule has 1 fully saturated rings. The smallest absolute Gasteiger partial charge is 0.269 e. The molecular formula is C21H25N3O4. The van der Waals surface area contributed by atoms with Gasteiger partial charge in [-0.05, 0) is 55.8 Å². The summed E-state index contributed by atoms with van der Waals surface area (Å²) in [6.45, 7) is 2.48. The van der Waals surface area contributed by atoms with Crippen LogP contribution in [0.15, 0.2) is 48.5 Å². The zero-order valence-corrected chi connectivity index (χ0v) is 16.0. The molecule has 1 heterocycles. The van der Waals surface area contributed by atoms with E-state index in [9.17, 15) is 14.9 Å². The summed E-state index contributed by atoms with van der Waals surface area (Å²) in [5.41, 5.74) is 1.52. The van der Waals surface area contributed by atoms with Crippen LogP contribution in [0.1, 0.15) is 41.2 Å². The van der Waals surface area contributed by atoms with Crippen molar-refractivity contribution in [3.05, 3.63) is 69.8 Å². The first-order valence-electron chi connectivity index (χ1n) is 9.49. The first kappa shape index (κ1) is 19.8. The molecule has 1 atom stereocenters. The lowest BCUT2D eigenvalue weighted by Gasteiger charge is -2.35. The second-order valence-electron chi connectivity index (χ2n) is 6.90. The van der Waals surface area contributed by atoms with Crippen molar-refractivity contribution in [1.82, 2.24) is 10.2 Å². The molecule has 1 amide bonds. The molecule has 7 heteroatoms. The molecule has 7 nitrogen and oxygen atoms in total. The molecule has 0 unspecified atom stereocenters. The lowest BCUT2D eigenvalue weighted by Crippen LogP contribution is -2.40. The number of non-ortho nitro benzene ring substituents is 1. The monoisotopic (exact) mass is 383 g/mol. The zero-order valence-electron chi connectivity index (χ0n) is 16.0. The summed E-state index contributed by atoms with van der Waals surface area (Å²) in [5.74, 6) is 0.571. The van der Waals surface area contributed by atoms with Gasteiger partial charge in [-0.3, -0.25) is 19.8 Å². The lowest BCUT2D eigenvalue weighted by atomic mass is 10.0. The number of benzene rings is 2. The van der Waals surface area contributed by atoms with E-state index in [1.54, 1.807) is 7.11 Å². The van der Waals surface area contributed by atoms with Crippen LogP contribution >= 0.6 is 0 Å². The minimum absolute atomic E-state index is 0.0269. The van der Waals surface area contributed by atoms with Crippen LogP contribution < -0.4 is 10.1 Å². The molecule has 0 spiro atoms. The number of nitro groups is 1. The second kappa shape index (κ2) is 9.32. The highest BCUT2D eigenvalue weighted by Gasteiger charge is 2.23. The van der Waals surface area contributed by atoms with Crippen LogP contribution in [0.2, 0.25) is 0 Å². The molecule has 0 aliphatic carbocycles. The Morgan fingerprint density at radius 2 is 1.75 bits per heavy atom. The van der Waals surface area contributed by atoms with Crippen LogP contribution in [0.4, 0.5) is 5.69 Å². The molecule has 1 saturated heterocycles. The van der Waals surface area contributed by atoms with Gasteiger partial charge in [0.1, 0.15) is 5.75 Å². The Bertz CT molecular complexity index is 799. The summed E-state index contributed by atoms with van der Waals surface area (Å²) in [4.78, 5) is 25.2. The Morgan fingerprint density at radius 3 is 2.32 bits per heavy atom. The standard InChI is InChI=1S/C21H25N3O4/c1-28-19-11-7-16(8-12-19)20(23-13-3-2-4-14-23)15-22-21(25)17-5-9-18(10-6-17)24(26)27/h5-12,20H,2-4,13-15H2,1H3,(H,22,25)/t20-/m0/s1. The molecule has 3 rings (SSSR count). The van der Waals surface area contributed by atoms with Crippen molar-refractivity contribution >= 4 is 11.6 Å². The molecule has 0 saturated carbocycles. The van der Waals surface area contributed by atoms with Gasteiger partial charge in [-0.15, -0.1) is 0 Å². The number of piperidine rings is 1. The van der Waals surface area contributed by atoms with E-state index < -0.39 is 4.92 Å². The van der Waals surface area contributed by atoms with Gasteiger partial charge < -0.3 is 10.1 Å². The average Bonchev–Trinajstić information content (AvgIpc) is 2.75. The summed E-state index contributed by atoms with van der Waals surface area (Å²) < 4.78 is 5.25. The highest BCUT2D eigenvalue weighted by atomic mass is 16.6. The fraction of sp³-hybridized carbons (Fsp3) is 0.381. The zero-order chi connectivity index (χ0) is 19.9. The third-order valence-corrected chi connectivity index (χ3v) is 5.13. The van der Waals surface area contributed by atoms with Gasteiger partial charge in [0.25, 0.3) is 11.6 Å². The third-order valence-electron chi connectivity index (χ3n) is 5.13. The second-order valence-corrected chi connectivity index (χ2v) is 6.90. The van der Waals surface area contributed by atoms with E-state index in [4.69, 9.17) is 4.74 Å². The molecule has 2 aromatic carbocycles. The minimum atomic E-state index is -0.474. The molecule has 1 aliphatic heterocycles. The largest absolute Gasteiger partial charge is 0.497 e. The predicted molar refractivity (Wildman–Crippen MR) is 107 cm³/mol. The Labute approximate surface area is 164 Å². The number of rotatable bonds is 7. The number of nitrogens with one attached hydrogen (secondary N) is 1. The number of hydrogen-bond donors (Lipinski definition) is 1. The van der Waals surface area contributed by atoms with E-state index in [-0.39, 0.29) is 17.6 Å². The maximum atomic E-state index is 12.5. The molecule has 0 bridgehead atoms. The fourth-order valence-corrected chi connectivity index (χ4v) is 3.54. The van der Waals surface area contributed by atoms with Crippen LogP contribution in [-0.2, 0) is 0 Å². The normalized spacial score (nSPS) is 15.6. The highest BCUT2D eigenvalue weighted by Crippen LogP contribution is 2.26. The van der Waals surface area contributed by atoms with Crippen molar-refractivity contribution in [1.29, 1.82) is 0 Å². The van der Waals surface area contributed by atoms with Crippen LogP contribution in [0.3, 0.4) is 0 Å². The van der Waals surface area contributed by atoms with Gasteiger partial charge in [0, 0.05) is 24.2 Å². The number of nitrogens with zero attached hydrogens (tertiary/aromatic N) is 2. The summed E-state index contributed by atoms with van der Waals surface area (Å²) in [5, 5.41) is 13.8. The predicted octanol–water partition coefficient (Wildman–Crippen LogP) is 3.56. The van der Waals surface area contributed by atoms with Crippen molar-refractivity contribution in [2.24, 2.45) is 0 Å². The molecule has 1 aliphatic rings. The van der Waals surface area contributed by atoms with Crippen LogP contribution in [-0.4, -0.2) is 42.5 Å². The summed E-state index contributed by atoms with van der Waals surface area (Å²) >= 11 is 0. The van der Waals surface area contributed by atoms with E-state index in [2.05, 4.69) is 10.2 Å². The first-order chi connectivity index (χ1) is 13.6. The Balaban J connectivity index is 1.71. The molecule has 0 radical (unpaired) electrons. The van der Waals surface area contributed by atoms with Crippen molar-refractivity contribution < 1.29 is 14.5 Å². The van der Waals surface area contributed by atoms with E-state index in [1.807, 2.05) is 24.3 Å². The molecule has 0 aromatic heterocycles. The number of likely N-dealkylation sites (tertiary alicyclic amines) is 1. The van der Waals surface area contributed by atoms with Gasteiger partial charge >= 0.3 is 0 Å². The number of carbonyl (C=O) groups is 1. The van der Waals surface area contributed by atoms with Crippen molar-refractivity contribution in [2.75, 3.05) is 26.7 Å². The molecule has 148 valence electrons. The van der Waals surface area contributed by atoms with Gasteiger partial charge in [0.05, 0.1) is 18.1 Å². The SMILES string of the molecule is COc1ccc([C@H](CNC(=O)c2ccc([N+](=O)[O-])cc2)N2CCCCC2)cc1. The maximum absolute atomic E-state index is 12.5.